The van der Waals surface area contributed by atoms with E-state index < -0.39 is 29.1 Å². The highest BCUT2D eigenvalue weighted by molar-refractivity contribution is 6.21. The first kappa shape index (κ1) is 25.6. The average molecular weight is 492 g/mol. The Labute approximate surface area is 211 Å². The van der Waals surface area contributed by atoms with Gasteiger partial charge in [0.15, 0.2) is 0 Å². The van der Waals surface area contributed by atoms with Crippen molar-refractivity contribution in [2.75, 3.05) is 19.6 Å². The normalized spacial score (nSPS) is 20.3. The molecule has 4 amide bonds. The fraction of sp³-hybridized carbons (Fsp3) is 0.429. The van der Waals surface area contributed by atoms with Crippen LogP contribution < -0.4 is 5.48 Å². The Bertz CT molecular complexity index is 1110. The fourth-order valence-electron chi connectivity index (χ4n) is 5.80. The Morgan fingerprint density at radius 2 is 1.58 bits per heavy atom. The van der Waals surface area contributed by atoms with Crippen LogP contribution in [0.15, 0.2) is 54.6 Å². The predicted octanol–water partition coefficient (Wildman–Crippen LogP) is 3.30. The zero-order chi connectivity index (χ0) is 25.9. The summed E-state index contributed by atoms with van der Waals surface area (Å²) in [5.41, 5.74) is 2.54. The minimum atomic E-state index is -1.02. The van der Waals surface area contributed by atoms with Crippen molar-refractivity contribution in [3.8, 4) is 0 Å². The number of carbonyl (C=O) groups excluding carboxylic acids is 4. The van der Waals surface area contributed by atoms with Gasteiger partial charge in [-0.1, -0.05) is 56.3 Å². The Morgan fingerprint density at radius 3 is 2.17 bits per heavy atom. The van der Waals surface area contributed by atoms with Crippen molar-refractivity contribution >= 4 is 23.6 Å². The Hall–Kier alpha value is -3.52. The van der Waals surface area contributed by atoms with E-state index >= 15 is 0 Å². The monoisotopic (exact) mass is 491 g/mol. The molecule has 2 atom stereocenters. The molecule has 2 N–H and O–H groups in total. The van der Waals surface area contributed by atoms with E-state index in [0.29, 0.717) is 43.5 Å². The molecule has 0 aliphatic carbocycles. The van der Waals surface area contributed by atoms with Crippen molar-refractivity contribution in [3.63, 3.8) is 0 Å². The van der Waals surface area contributed by atoms with Gasteiger partial charge in [-0.3, -0.25) is 29.3 Å². The van der Waals surface area contributed by atoms with Gasteiger partial charge in [-0.2, -0.15) is 0 Å². The number of carbonyl (C=O) groups is 4. The number of imide groups is 1. The summed E-state index contributed by atoms with van der Waals surface area (Å²) in [5.74, 6) is -2.34. The molecule has 36 heavy (non-hydrogen) atoms. The van der Waals surface area contributed by atoms with Crippen LogP contribution in [0.4, 0.5) is 0 Å². The third kappa shape index (κ3) is 4.78. The van der Waals surface area contributed by atoms with Crippen LogP contribution >= 0.6 is 0 Å². The summed E-state index contributed by atoms with van der Waals surface area (Å²) in [5, 5.41) is 9.58. The highest BCUT2D eigenvalue weighted by atomic mass is 16.5. The summed E-state index contributed by atoms with van der Waals surface area (Å²) in [6.07, 6.45) is 1.73. The second-order valence-electron chi connectivity index (χ2n) is 10.2. The number of fused-ring (bicyclic) bond motifs is 1. The van der Waals surface area contributed by atoms with Crippen LogP contribution in [0.1, 0.15) is 59.4 Å². The average Bonchev–Trinajstić information content (AvgIpc) is 3.32. The molecule has 2 heterocycles. The minimum absolute atomic E-state index is 0.0123. The third-order valence-electron chi connectivity index (χ3n) is 7.44. The van der Waals surface area contributed by atoms with Crippen molar-refractivity contribution in [2.24, 2.45) is 17.3 Å². The molecule has 2 aromatic rings. The molecule has 0 spiro atoms. The Morgan fingerprint density at radius 1 is 0.972 bits per heavy atom. The third-order valence-corrected chi connectivity index (χ3v) is 7.44. The maximum Gasteiger partial charge on any atom is 0.261 e. The number of hydrogen-bond donors (Lipinski definition) is 2. The maximum atomic E-state index is 13.9. The van der Waals surface area contributed by atoms with Crippen molar-refractivity contribution < 1.29 is 24.4 Å². The first-order valence-electron chi connectivity index (χ1n) is 12.5. The molecule has 2 aromatic carbocycles. The number of benzene rings is 2. The summed E-state index contributed by atoms with van der Waals surface area (Å²) in [4.78, 5) is 55.5. The molecule has 2 aliphatic heterocycles. The van der Waals surface area contributed by atoms with Gasteiger partial charge >= 0.3 is 0 Å². The van der Waals surface area contributed by atoms with Gasteiger partial charge < -0.3 is 4.90 Å². The second-order valence-corrected chi connectivity index (χ2v) is 10.2. The Balaban J connectivity index is 1.55. The molecule has 0 saturated carbocycles. The van der Waals surface area contributed by atoms with Crippen LogP contribution in [0.2, 0.25) is 0 Å². The van der Waals surface area contributed by atoms with Crippen LogP contribution in [0.3, 0.4) is 0 Å². The number of hydroxylamine groups is 1. The number of likely N-dealkylation sites (tertiary alicyclic amines) is 1. The van der Waals surface area contributed by atoms with Crippen molar-refractivity contribution in [3.05, 3.63) is 71.3 Å². The molecule has 0 unspecified atom stereocenters. The van der Waals surface area contributed by atoms with Gasteiger partial charge in [-0.15, -0.1) is 0 Å². The quantitative estimate of drug-likeness (QED) is 0.301. The summed E-state index contributed by atoms with van der Waals surface area (Å²) < 4.78 is 0. The van der Waals surface area contributed by atoms with Gasteiger partial charge in [0.2, 0.25) is 11.8 Å². The van der Waals surface area contributed by atoms with E-state index in [1.54, 1.807) is 34.6 Å². The molecule has 190 valence electrons. The van der Waals surface area contributed by atoms with Gasteiger partial charge in [0.1, 0.15) is 0 Å². The Kier molecular flexibility index (Phi) is 7.54. The van der Waals surface area contributed by atoms with Crippen LogP contribution in [-0.2, 0) is 16.0 Å². The van der Waals surface area contributed by atoms with Crippen molar-refractivity contribution in [1.82, 2.24) is 15.3 Å². The molecule has 1 fully saturated rings. The summed E-state index contributed by atoms with van der Waals surface area (Å²) >= 11 is 0. The maximum absolute atomic E-state index is 13.9. The van der Waals surface area contributed by atoms with Crippen LogP contribution in [0, 0.1) is 17.3 Å². The number of nitrogens with one attached hydrogen (secondary N) is 1. The molecule has 1 saturated heterocycles. The number of nitrogens with zero attached hydrogens (tertiary/aromatic N) is 2. The highest BCUT2D eigenvalue weighted by Gasteiger charge is 2.54. The van der Waals surface area contributed by atoms with Gasteiger partial charge in [-0.05, 0) is 49.3 Å². The number of amides is 4. The van der Waals surface area contributed by atoms with E-state index in [4.69, 9.17) is 0 Å². The molecule has 2 aliphatic rings. The molecule has 8 nitrogen and oxygen atoms in total. The standard InChI is InChI=1S/C28H33N3O5/c1-19(2)18-28(14-17-30(27(28)35)15-12-20-8-4-3-5-9-20)23(24(32)29-36)13-16-31-25(33)21-10-6-7-11-22(21)26(31)34/h3-11,19,23,36H,12-18H2,1-2H3,(H,29,32)/t23-,28-/m1/s1. The lowest BCUT2D eigenvalue weighted by molar-refractivity contribution is -0.150. The van der Waals surface area contributed by atoms with Gasteiger partial charge in [0.05, 0.1) is 22.5 Å². The van der Waals surface area contributed by atoms with E-state index in [1.165, 1.54) is 0 Å². The highest BCUT2D eigenvalue weighted by Crippen LogP contribution is 2.46. The van der Waals surface area contributed by atoms with E-state index in [2.05, 4.69) is 0 Å². The number of hydrogen-bond acceptors (Lipinski definition) is 5. The smallest absolute Gasteiger partial charge is 0.261 e. The first-order chi connectivity index (χ1) is 17.3. The van der Waals surface area contributed by atoms with E-state index in [9.17, 15) is 24.4 Å². The van der Waals surface area contributed by atoms with Gasteiger partial charge in [0, 0.05) is 19.6 Å². The summed E-state index contributed by atoms with van der Waals surface area (Å²) in [7, 11) is 0. The minimum Gasteiger partial charge on any atom is -0.342 e. The molecular weight excluding hydrogens is 458 g/mol. The molecule has 0 bridgehead atoms. The van der Waals surface area contributed by atoms with Crippen LogP contribution in [-0.4, -0.2) is 58.3 Å². The SMILES string of the molecule is CC(C)C[C@@]1([C@H](CCN2C(=O)c3ccccc3C2=O)C(=O)NO)CCN(CCc2ccccc2)C1=O. The lowest BCUT2D eigenvalue weighted by atomic mass is 9.67. The summed E-state index contributed by atoms with van der Waals surface area (Å²) in [6, 6.07) is 16.5. The topological polar surface area (TPSA) is 107 Å². The largest absolute Gasteiger partial charge is 0.342 e. The van der Waals surface area contributed by atoms with Gasteiger partial charge in [0.25, 0.3) is 11.8 Å². The zero-order valence-corrected chi connectivity index (χ0v) is 20.8. The predicted molar refractivity (Wildman–Crippen MR) is 133 cm³/mol. The molecule has 8 heteroatoms. The van der Waals surface area contributed by atoms with Crippen LogP contribution in [0.25, 0.3) is 0 Å². The van der Waals surface area contributed by atoms with E-state index in [-0.39, 0.29) is 24.8 Å². The number of rotatable bonds is 10. The molecule has 0 aromatic heterocycles. The first-order valence-corrected chi connectivity index (χ1v) is 12.5. The molecule has 0 radical (unpaired) electrons. The zero-order valence-electron chi connectivity index (χ0n) is 20.8. The van der Waals surface area contributed by atoms with Crippen molar-refractivity contribution in [1.29, 1.82) is 0 Å². The van der Waals surface area contributed by atoms with Crippen LogP contribution in [0.5, 0.6) is 0 Å². The van der Waals surface area contributed by atoms with E-state index in [0.717, 1.165) is 10.5 Å². The fourth-order valence-corrected chi connectivity index (χ4v) is 5.80. The molecule has 4 rings (SSSR count). The lowest BCUT2D eigenvalue weighted by Crippen LogP contribution is -2.48. The lowest BCUT2D eigenvalue weighted by Gasteiger charge is -2.36. The van der Waals surface area contributed by atoms with Gasteiger partial charge in [-0.25, -0.2) is 5.48 Å². The second kappa shape index (κ2) is 10.6. The molecular formula is C28H33N3O5. The van der Waals surface area contributed by atoms with E-state index in [1.807, 2.05) is 44.2 Å². The summed E-state index contributed by atoms with van der Waals surface area (Å²) in [6.45, 7) is 5.04. The van der Waals surface area contributed by atoms with Crippen molar-refractivity contribution in [2.45, 2.75) is 39.5 Å².